The highest BCUT2D eigenvalue weighted by Crippen LogP contribution is 2.26. The zero-order valence-corrected chi connectivity index (χ0v) is 7.55. The van der Waals surface area contributed by atoms with Crippen LogP contribution in [0.5, 0.6) is 0 Å². The van der Waals surface area contributed by atoms with Crippen LogP contribution in [0.2, 0.25) is 0 Å². The molecule has 0 spiro atoms. The zero-order chi connectivity index (χ0) is 8.48. The predicted molar refractivity (Wildman–Crippen MR) is 45.0 cm³/mol. The van der Waals surface area contributed by atoms with E-state index in [-0.39, 0.29) is 5.60 Å². The van der Waals surface area contributed by atoms with Gasteiger partial charge in [-0.1, -0.05) is 0 Å². The molecule has 0 aliphatic heterocycles. The molecule has 0 heterocycles. The summed E-state index contributed by atoms with van der Waals surface area (Å²) in [5.41, 5.74) is 2.73. The van der Waals surface area contributed by atoms with E-state index in [4.69, 9.17) is 10.6 Å². The quantitative estimate of drug-likeness (QED) is 0.461. The molecular weight excluding hydrogens is 140 g/mol. The van der Waals surface area contributed by atoms with Crippen LogP contribution in [0.25, 0.3) is 0 Å². The summed E-state index contributed by atoms with van der Waals surface area (Å²) in [6.45, 7) is 6.24. The molecule has 0 aromatic rings. The lowest BCUT2D eigenvalue weighted by Crippen LogP contribution is -2.50. The molecule has 1 aliphatic rings. The Balaban J connectivity index is 2.14. The van der Waals surface area contributed by atoms with Gasteiger partial charge in [-0.15, -0.1) is 0 Å². The van der Waals surface area contributed by atoms with E-state index in [1.165, 1.54) is 0 Å². The van der Waals surface area contributed by atoms with Crippen molar-refractivity contribution in [1.29, 1.82) is 0 Å². The summed E-state index contributed by atoms with van der Waals surface area (Å²) >= 11 is 0. The van der Waals surface area contributed by atoms with Crippen molar-refractivity contribution in [3.05, 3.63) is 0 Å². The van der Waals surface area contributed by atoms with Gasteiger partial charge in [-0.3, -0.25) is 11.3 Å². The third-order valence-corrected chi connectivity index (χ3v) is 1.85. The van der Waals surface area contributed by atoms with E-state index in [2.05, 4.69) is 26.2 Å². The smallest absolute Gasteiger partial charge is 0.0613 e. The van der Waals surface area contributed by atoms with Gasteiger partial charge in [0.05, 0.1) is 11.7 Å². The second kappa shape index (κ2) is 3.09. The summed E-state index contributed by atoms with van der Waals surface area (Å²) in [4.78, 5) is 0. The second-order valence-electron chi connectivity index (χ2n) is 4.19. The molecule has 0 radical (unpaired) electrons. The Bertz CT molecular complexity index is 125. The average Bonchev–Trinajstić information content (AvgIpc) is 1.75. The number of hydrogen-bond acceptors (Lipinski definition) is 3. The normalized spacial score (nSPS) is 31.6. The number of nitrogens with one attached hydrogen (secondary N) is 1. The summed E-state index contributed by atoms with van der Waals surface area (Å²) in [5.74, 6) is 5.25. The molecule has 1 saturated carbocycles. The molecule has 1 fully saturated rings. The Labute approximate surface area is 68.3 Å². The summed E-state index contributed by atoms with van der Waals surface area (Å²) in [6.07, 6.45) is 2.51. The molecule has 0 unspecified atom stereocenters. The molecule has 0 amide bonds. The number of hydrazine groups is 1. The van der Waals surface area contributed by atoms with E-state index in [0.717, 1.165) is 12.8 Å². The number of hydrogen-bond donors (Lipinski definition) is 2. The maximum absolute atomic E-state index is 5.71. The van der Waals surface area contributed by atoms with Gasteiger partial charge in [-0.2, -0.15) is 0 Å². The van der Waals surface area contributed by atoms with Crippen LogP contribution in [0.4, 0.5) is 0 Å². The first kappa shape index (κ1) is 8.97. The van der Waals surface area contributed by atoms with Crippen LogP contribution in [-0.4, -0.2) is 17.7 Å². The largest absolute Gasteiger partial charge is 0.373 e. The molecule has 0 aromatic heterocycles. The molecule has 3 heteroatoms. The molecule has 3 N–H and O–H groups in total. The fourth-order valence-electron chi connectivity index (χ4n) is 1.30. The minimum Gasteiger partial charge on any atom is -0.373 e. The summed E-state index contributed by atoms with van der Waals surface area (Å²) in [7, 11) is 0. The molecule has 0 saturated heterocycles. The van der Waals surface area contributed by atoms with Crippen molar-refractivity contribution in [2.45, 2.75) is 51.4 Å². The first-order chi connectivity index (χ1) is 5.01. The lowest BCUT2D eigenvalue weighted by molar-refractivity contribution is -0.102. The van der Waals surface area contributed by atoms with Gasteiger partial charge in [0.2, 0.25) is 0 Å². The third-order valence-electron chi connectivity index (χ3n) is 1.85. The van der Waals surface area contributed by atoms with Gasteiger partial charge in [0, 0.05) is 6.04 Å². The van der Waals surface area contributed by atoms with Crippen molar-refractivity contribution < 1.29 is 4.74 Å². The Kier molecular flexibility index (Phi) is 2.52. The van der Waals surface area contributed by atoms with E-state index in [0.29, 0.717) is 12.1 Å². The van der Waals surface area contributed by atoms with Gasteiger partial charge in [-0.05, 0) is 33.6 Å². The maximum atomic E-state index is 5.71. The Morgan fingerprint density at radius 2 is 1.91 bits per heavy atom. The van der Waals surface area contributed by atoms with E-state index >= 15 is 0 Å². The van der Waals surface area contributed by atoms with Gasteiger partial charge < -0.3 is 4.74 Å². The molecule has 11 heavy (non-hydrogen) atoms. The standard InChI is InChI=1S/C8H18N2O/c1-8(2,3)11-7-4-6(5-7)10-9/h6-7,10H,4-5,9H2,1-3H3. The molecule has 3 nitrogen and oxygen atoms in total. The van der Waals surface area contributed by atoms with Gasteiger partial charge in [0.1, 0.15) is 0 Å². The van der Waals surface area contributed by atoms with Crippen molar-refractivity contribution in [3.8, 4) is 0 Å². The highest BCUT2D eigenvalue weighted by atomic mass is 16.5. The van der Waals surface area contributed by atoms with E-state index in [1.807, 2.05) is 0 Å². The molecular formula is C8H18N2O. The molecule has 1 rings (SSSR count). The number of rotatable bonds is 2. The summed E-state index contributed by atoms with van der Waals surface area (Å²) in [5, 5.41) is 0. The van der Waals surface area contributed by atoms with E-state index in [9.17, 15) is 0 Å². The van der Waals surface area contributed by atoms with E-state index in [1.54, 1.807) is 0 Å². The fourth-order valence-corrected chi connectivity index (χ4v) is 1.30. The van der Waals surface area contributed by atoms with Crippen LogP contribution < -0.4 is 11.3 Å². The van der Waals surface area contributed by atoms with Crippen LogP contribution in [0.15, 0.2) is 0 Å². The Morgan fingerprint density at radius 3 is 2.27 bits per heavy atom. The van der Waals surface area contributed by atoms with Gasteiger partial charge in [-0.25, -0.2) is 0 Å². The SMILES string of the molecule is CC(C)(C)OC1CC(NN)C1. The number of ether oxygens (including phenoxy) is 1. The highest BCUT2D eigenvalue weighted by molar-refractivity contribution is 4.85. The minimum absolute atomic E-state index is 0.00969. The molecule has 0 atom stereocenters. The number of nitrogens with two attached hydrogens (primary N) is 1. The van der Waals surface area contributed by atoms with Crippen molar-refractivity contribution >= 4 is 0 Å². The first-order valence-corrected chi connectivity index (χ1v) is 4.15. The molecule has 66 valence electrons. The van der Waals surface area contributed by atoms with Gasteiger partial charge in [0.15, 0.2) is 0 Å². The third kappa shape index (κ3) is 2.77. The van der Waals surface area contributed by atoms with Crippen molar-refractivity contribution in [2.75, 3.05) is 0 Å². The Morgan fingerprint density at radius 1 is 1.36 bits per heavy atom. The second-order valence-corrected chi connectivity index (χ2v) is 4.19. The van der Waals surface area contributed by atoms with Crippen molar-refractivity contribution in [1.82, 2.24) is 5.43 Å². The summed E-state index contributed by atoms with van der Waals surface area (Å²) < 4.78 is 5.71. The first-order valence-electron chi connectivity index (χ1n) is 4.15. The summed E-state index contributed by atoms with van der Waals surface area (Å²) in [6, 6.07) is 0.474. The van der Waals surface area contributed by atoms with Crippen molar-refractivity contribution in [2.24, 2.45) is 5.84 Å². The Hall–Kier alpha value is -0.120. The van der Waals surface area contributed by atoms with Gasteiger partial charge in [0.25, 0.3) is 0 Å². The highest BCUT2D eigenvalue weighted by Gasteiger charge is 2.31. The monoisotopic (exact) mass is 158 g/mol. The van der Waals surface area contributed by atoms with Gasteiger partial charge >= 0.3 is 0 Å². The van der Waals surface area contributed by atoms with Crippen LogP contribution in [-0.2, 0) is 4.74 Å². The van der Waals surface area contributed by atoms with Crippen LogP contribution >= 0.6 is 0 Å². The lowest BCUT2D eigenvalue weighted by Gasteiger charge is -2.38. The van der Waals surface area contributed by atoms with E-state index < -0.39 is 0 Å². The fraction of sp³-hybridized carbons (Fsp3) is 1.00. The van der Waals surface area contributed by atoms with Crippen LogP contribution in [0.3, 0.4) is 0 Å². The minimum atomic E-state index is -0.00969. The molecule has 1 aliphatic carbocycles. The average molecular weight is 158 g/mol. The lowest BCUT2D eigenvalue weighted by atomic mass is 9.89. The molecule has 0 aromatic carbocycles. The van der Waals surface area contributed by atoms with Crippen LogP contribution in [0, 0.1) is 0 Å². The molecule has 0 bridgehead atoms. The van der Waals surface area contributed by atoms with Crippen molar-refractivity contribution in [3.63, 3.8) is 0 Å². The topological polar surface area (TPSA) is 47.3 Å². The maximum Gasteiger partial charge on any atom is 0.0613 e. The van der Waals surface area contributed by atoms with Crippen LogP contribution in [0.1, 0.15) is 33.6 Å². The predicted octanol–water partition coefficient (Wildman–Crippen LogP) is 0.796. The zero-order valence-electron chi connectivity index (χ0n) is 7.55.